The van der Waals surface area contributed by atoms with E-state index in [4.69, 9.17) is 0 Å². The topological polar surface area (TPSA) is 106 Å². The first kappa shape index (κ1) is 21.0. The summed E-state index contributed by atoms with van der Waals surface area (Å²) >= 11 is 6.18. The van der Waals surface area contributed by atoms with Crippen molar-refractivity contribution in [2.75, 3.05) is 0 Å². The number of pyridine rings is 2. The highest BCUT2D eigenvalue weighted by molar-refractivity contribution is 9.10. The molecule has 0 aliphatic carbocycles. The molecule has 0 aromatic carbocycles. The highest BCUT2D eigenvalue weighted by atomic mass is 79.9. The first-order valence-corrected chi connectivity index (χ1v) is 9.90. The van der Waals surface area contributed by atoms with Crippen molar-refractivity contribution in [2.45, 2.75) is 13.0 Å². The van der Waals surface area contributed by atoms with Gasteiger partial charge in [-0.1, -0.05) is 12.1 Å². The zero-order chi connectivity index (χ0) is 21.1. The molecule has 1 unspecified atom stereocenters. The van der Waals surface area contributed by atoms with Crippen LogP contribution in [0.15, 0.2) is 67.3 Å². The number of halogens is 2. The number of hydrogen-bond donors (Lipinski definition) is 1. The fourth-order valence-electron chi connectivity index (χ4n) is 2.52. The fourth-order valence-corrected chi connectivity index (χ4v) is 3.51. The minimum absolute atomic E-state index is 0.126. The van der Waals surface area contributed by atoms with Crippen LogP contribution >= 0.6 is 31.9 Å². The third kappa shape index (κ3) is 4.19. The number of carbonyl (C=O) groups is 1. The fraction of sp³-hybridized carbons (Fsp3) is 0.105. The zero-order valence-electron chi connectivity index (χ0n) is 15.0. The van der Waals surface area contributed by atoms with Crippen LogP contribution in [0.4, 0.5) is 0 Å². The molecule has 1 atom stereocenters. The monoisotopic (exact) mass is 520 g/mol. The predicted molar refractivity (Wildman–Crippen MR) is 114 cm³/mol. The van der Waals surface area contributed by atoms with Gasteiger partial charge in [0.25, 0.3) is 11.1 Å². The van der Waals surface area contributed by atoms with Crippen molar-refractivity contribution in [2.24, 2.45) is 0 Å². The second-order valence-electron chi connectivity index (χ2n) is 5.88. The van der Waals surface area contributed by atoms with Gasteiger partial charge in [0.05, 0.1) is 11.8 Å². The van der Waals surface area contributed by atoms with Crippen molar-refractivity contribution in [1.82, 2.24) is 18.8 Å². The van der Waals surface area contributed by atoms with E-state index in [-0.39, 0.29) is 21.3 Å². The van der Waals surface area contributed by atoms with Gasteiger partial charge in [0.1, 0.15) is 25.9 Å². The Morgan fingerprint density at radius 3 is 1.97 bits per heavy atom. The van der Waals surface area contributed by atoms with Gasteiger partial charge >= 0.3 is 0 Å². The van der Waals surface area contributed by atoms with Crippen LogP contribution in [-0.4, -0.2) is 30.2 Å². The molecule has 0 aliphatic heterocycles. The van der Waals surface area contributed by atoms with Crippen LogP contribution in [0.2, 0.25) is 0 Å². The average molecular weight is 522 g/mol. The summed E-state index contributed by atoms with van der Waals surface area (Å²) in [5.41, 5.74) is 0.992. The highest BCUT2D eigenvalue weighted by Crippen LogP contribution is 2.18. The maximum atomic E-state index is 11.8. The summed E-state index contributed by atoms with van der Waals surface area (Å²) in [7, 11) is 0. The van der Waals surface area contributed by atoms with Gasteiger partial charge < -0.3 is 5.11 Å². The summed E-state index contributed by atoms with van der Waals surface area (Å²) in [6.07, 6.45) is 3.03. The Labute approximate surface area is 180 Å². The van der Waals surface area contributed by atoms with E-state index < -0.39 is 6.10 Å². The number of aromatic nitrogens is 4. The Morgan fingerprint density at radius 1 is 0.931 bits per heavy atom. The first-order valence-electron chi connectivity index (χ1n) is 8.32. The first-order chi connectivity index (χ1) is 13.8. The minimum atomic E-state index is -0.766. The maximum absolute atomic E-state index is 11.8. The third-order valence-electron chi connectivity index (χ3n) is 3.92. The molecule has 148 valence electrons. The average Bonchev–Trinajstić information content (AvgIpc) is 2.73. The lowest BCUT2D eigenvalue weighted by Gasteiger charge is -2.08. The lowest BCUT2D eigenvalue weighted by Crippen LogP contribution is -2.18. The highest BCUT2D eigenvalue weighted by Gasteiger charge is 2.13. The van der Waals surface area contributed by atoms with Crippen LogP contribution in [0.5, 0.6) is 0 Å². The van der Waals surface area contributed by atoms with E-state index >= 15 is 0 Å². The number of rotatable bonds is 2. The third-order valence-corrected chi connectivity index (χ3v) is 5.41. The van der Waals surface area contributed by atoms with Crippen molar-refractivity contribution in [3.05, 3.63) is 89.8 Å². The summed E-state index contributed by atoms with van der Waals surface area (Å²) in [6, 6.07) is 10.4. The number of aldehydes is 1. The van der Waals surface area contributed by atoms with Crippen molar-refractivity contribution < 1.29 is 9.90 Å². The standard InChI is InChI=1S/C10H9BrN2O2.C9H5BrN2O2/c1-6(14)9-8(11)10(15)13-5-3-2-4-7(13)12-9;10-8-6(5-13)11-7-3-1-2-4-12(7)9(8)14/h2-6,14H,1H3;1-5H. The molecule has 0 bridgehead atoms. The number of nitrogens with zero attached hydrogens (tertiary/aromatic N) is 4. The molecule has 0 radical (unpaired) electrons. The zero-order valence-corrected chi connectivity index (χ0v) is 18.2. The number of fused-ring (bicyclic) bond motifs is 2. The minimum Gasteiger partial charge on any atom is -0.387 e. The van der Waals surface area contributed by atoms with Gasteiger partial charge in [-0.15, -0.1) is 0 Å². The van der Waals surface area contributed by atoms with E-state index in [2.05, 4.69) is 41.8 Å². The number of hydrogen-bond acceptors (Lipinski definition) is 6. The molecule has 4 aromatic heterocycles. The summed E-state index contributed by atoms with van der Waals surface area (Å²) in [4.78, 5) is 42.2. The summed E-state index contributed by atoms with van der Waals surface area (Å²) < 4.78 is 3.30. The molecule has 1 N–H and O–H groups in total. The van der Waals surface area contributed by atoms with E-state index in [1.54, 1.807) is 55.7 Å². The molecule has 0 saturated heterocycles. The quantitative estimate of drug-likeness (QED) is 0.406. The predicted octanol–water partition coefficient (Wildman–Crippen LogP) is 2.78. The maximum Gasteiger partial charge on any atom is 0.272 e. The van der Waals surface area contributed by atoms with Crippen molar-refractivity contribution in [3.63, 3.8) is 0 Å². The van der Waals surface area contributed by atoms with E-state index in [1.165, 1.54) is 8.80 Å². The Balaban J connectivity index is 0.000000166. The molecule has 4 aromatic rings. The van der Waals surface area contributed by atoms with Crippen molar-refractivity contribution >= 4 is 49.4 Å². The van der Waals surface area contributed by atoms with Crippen LogP contribution in [0.1, 0.15) is 29.2 Å². The molecule has 4 heterocycles. The second-order valence-corrected chi connectivity index (χ2v) is 7.47. The van der Waals surface area contributed by atoms with Crippen LogP contribution in [0, 0.1) is 0 Å². The smallest absolute Gasteiger partial charge is 0.272 e. The van der Waals surface area contributed by atoms with Crippen LogP contribution in [0.25, 0.3) is 11.3 Å². The molecule has 0 spiro atoms. The molecular weight excluding hydrogens is 508 g/mol. The van der Waals surface area contributed by atoms with Crippen molar-refractivity contribution in [3.8, 4) is 0 Å². The Bertz CT molecular complexity index is 1330. The van der Waals surface area contributed by atoms with E-state index in [0.717, 1.165) is 0 Å². The van der Waals surface area contributed by atoms with Crippen LogP contribution in [-0.2, 0) is 0 Å². The number of carbonyl (C=O) groups excluding carboxylic acids is 1. The number of aliphatic hydroxyl groups excluding tert-OH is 1. The number of aliphatic hydroxyl groups is 1. The molecule has 0 saturated carbocycles. The molecule has 29 heavy (non-hydrogen) atoms. The van der Waals surface area contributed by atoms with E-state index in [0.29, 0.717) is 27.7 Å². The van der Waals surface area contributed by atoms with Crippen molar-refractivity contribution in [1.29, 1.82) is 0 Å². The molecule has 4 rings (SSSR count). The van der Waals surface area contributed by atoms with Gasteiger partial charge in [-0.25, -0.2) is 9.97 Å². The SMILES string of the molecule is CC(O)c1nc2ccccn2c(=O)c1Br.O=Cc1nc2ccccn2c(=O)c1Br. The molecule has 0 fully saturated rings. The van der Waals surface area contributed by atoms with Crippen LogP contribution in [0.3, 0.4) is 0 Å². The van der Waals surface area contributed by atoms with Crippen LogP contribution < -0.4 is 11.1 Å². The van der Waals surface area contributed by atoms with Gasteiger partial charge in [-0.3, -0.25) is 23.2 Å². The lowest BCUT2D eigenvalue weighted by atomic mass is 10.2. The Hall–Kier alpha value is -2.69. The molecule has 0 amide bonds. The normalized spacial score (nSPS) is 11.7. The molecular formula is C19H14Br2N4O4. The second kappa shape index (κ2) is 8.76. The lowest BCUT2D eigenvalue weighted by molar-refractivity contribution is 0.111. The van der Waals surface area contributed by atoms with E-state index in [1.807, 2.05) is 0 Å². The molecule has 8 nitrogen and oxygen atoms in total. The summed E-state index contributed by atoms with van der Waals surface area (Å²) in [5, 5.41) is 9.45. The van der Waals surface area contributed by atoms with Gasteiger partial charge in [0.15, 0.2) is 6.29 Å². The largest absolute Gasteiger partial charge is 0.387 e. The molecule has 10 heteroatoms. The summed E-state index contributed by atoms with van der Waals surface area (Å²) in [5.74, 6) is 0. The van der Waals surface area contributed by atoms with Gasteiger partial charge in [0.2, 0.25) is 0 Å². The summed E-state index contributed by atoms with van der Waals surface area (Å²) in [6.45, 7) is 1.58. The van der Waals surface area contributed by atoms with Gasteiger partial charge in [0, 0.05) is 12.4 Å². The van der Waals surface area contributed by atoms with Gasteiger partial charge in [-0.2, -0.15) is 0 Å². The molecule has 0 aliphatic rings. The van der Waals surface area contributed by atoms with Gasteiger partial charge in [-0.05, 0) is 63.0 Å². The Morgan fingerprint density at radius 2 is 1.45 bits per heavy atom. The Kier molecular flexibility index (Phi) is 6.36. The van der Waals surface area contributed by atoms with E-state index in [9.17, 15) is 19.5 Å².